The third-order valence-electron chi connectivity index (χ3n) is 4.91. The first-order valence-electron chi connectivity index (χ1n) is 10.2. The van der Waals surface area contributed by atoms with Gasteiger partial charge in [0.05, 0.1) is 0 Å². The number of hydrogen-bond donors (Lipinski definition) is 3. The van der Waals surface area contributed by atoms with Crippen LogP contribution in [0.15, 0.2) is 0 Å². The second-order valence-corrected chi connectivity index (χ2v) is 6.93. The van der Waals surface area contributed by atoms with E-state index >= 15 is 0 Å². The minimum atomic E-state index is 0.790. The average Bonchev–Trinajstić information content (AvgIpc) is 2.55. The molecule has 1 saturated heterocycles. The van der Waals surface area contributed by atoms with E-state index < -0.39 is 0 Å². The lowest BCUT2D eigenvalue weighted by Crippen LogP contribution is -2.45. The summed E-state index contributed by atoms with van der Waals surface area (Å²) in [6.07, 6.45) is 11.0. The van der Waals surface area contributed by atoms with Gasteiger partial charge in [0.15, 0.2) is 0 Å². The van der Waals surface area contributed by atoms with Crippen LogP contribution in [0.1, 0.15) is 65.2 Å². The summed E-state index contributed by atoms with van der Waals surface area (Å²) in [6, 6.07) is 0.790. The van der Waals surface area contributed by atoms with Gasteiger partial charge in [-0.15, -0.1) is 0 Å². The Morgan fingerprint density at radius 3 is 1.52 bits per heavy atom. The van der Waals surface area contributed by atoms with E-state index in [2.05, 4.69) is 34.7 Å². The third-order valence-corrected chi connectivity index (χ3v) is 4.91. The fourth-order valence-electron chi connectivity index (χ4n) is 3.42. The van der Waals surface area contributed by atoms with Crippen molar-refractivity contribution in [2.24, 2.45) is 0 Å². The van der Waals surface area contributed by atoms with Gasteiger partial charge in [0.1, 0.15) is 0 Å². The Morgan fingerprint density at radius 2 is 1.09 bits per heavy atom. The van der Waals surface area contributed by atoms with Gasteiger partial charge in [-0.05, 0) is 12.8 Å². The summed E-state index contributed by atoms with van der Waals surface area (Å²) in [6.45, 7) is 13.6. The Bertz CT molecular complexity index is 226. The van der Waals surface area contributed by atoms with Crippen molar-refractivity contribution in [3.8, 4) is 0 Å². The topological polar surface area (TPSA) is 39.3 Å². The second kappa shape index (κ2) is 15.4. The van der Waals surface area contributed by atoms with Gasteiger partial charge >= 0.3 is 0 Å². The number of rotatable bonds is 9. The van der Waals surface area contributed by atoms with Gasteiger partial charge in [-0.25, -0.2) is 0 Å². The molecule has 3 N–H and O–H groups in total. The molecule has 0 bridgehead atoms. The van der Waals surface area contributed by atoms with Gasteiger partial charge < -0.3 is 16.0 Å². The van der Waals surface area contributed by atoms with E-state index in [0.29, 0.717) is 0 Å². The van der Waals surface area contributed by atoms with Crippen molar-refractivity contribution in [3.63, 3.8) is 0 Å². The molecule has 0 radical (unpaired) electrons. The molecule has 0 aromatic heterocycles. The first-order chi connectivity index (χ1) is 11.4. The molecule has 1 aliphatic rings. The van der Waals surface area contributed by atoms with Gasteiger partial charge in [0, 0.05) is 58.4 Å². The van der Waals surface area contributed by atoms with E-state index in [1.807, 2.05) is 0 Å². The summed E-state index contributed by atoms with van der Waals surface area (Å²) in [5.41, 5.74) is 0. The minimum Gasteiger partial charge on any atom is -0.314 e. The highest BCUT2D eigenvalue weighted by Gasteiger charge is 2.17. The molecule has 1 fully saturated rings. The van der Waals surface area contributed by atoms with Gasteiger partial charge in [-0.1, -0.05) is 52.4 Å². The second-order valence-electron chi connectivity index (χ2n) is 6.93. The zero-order valence-electron chi connectivity index (χ0n) is 15.8. The van der Waals surface area contributed by atoms with E-state index in [1.165, 1.54) is 64.5 Å². The number of unbranched alkanes of at least 4 members (excludes halogenated alkanes) is 4. The minimum absolute atomic E-state index is 0.790. The maximum absolute atomic E-state index is 3.60. The zero-order chi connectivity index (χ0) is 16.6. The number of nitrogens with one attached hydrogen (secondary N) is 3. The Labute approximate surface area is 145 Å². The van der Waals surface area contributed by atoms with Crippen LogP contribution in [-0.2, 0) is 0 Å². The molecule has 0 amide bonds. The van der Waals surface area contributed by atoms with Crippen LogP contribution in [0.3, 0.4) is 0 Å². The molecular formula is C19H42N4. The van der Waals surface area contributed by atoms with Gasteiger partial charge in [-0.2, -0.15) is 0 Å². The SMILES string of the molecule is CCCCCC(CCCCC)N1CCNCCNCCNCC1. The maximum Gasteiger partial charge on any atom is 0.0110 e. The van der Waals surface area contributed by atoms with Crippen LogP contribution in [0.2, 0.25) is 0 Å². The molecule has 0 aliphatic carbocycles. The normalized spacial score (nSPS) is 19.4. The highest BCUT2D eigenvalue weighted by atomic mass is 15.2. The summed E-state index contributed by atoms with van der Waals surface area (Å²) in [4.78, 5) is 2.76. The lowest BCUT2D eigenvalue weighted by atomic mass is 10.00. The molecule has 138 valence electrons. The Hall–Kier alpha value is -0.160. The molecule has 4 heteroatoms. The van der Waals surface area contributed by atoms with Crippen LogP contribution in [0.4, 0.5) is 0 Å². The van der Waals surface area contributed by atoms with Crippen LogP contribution in [-0.4, -0.2) is 63.3 Å². The third kappa shape index (κ3) is 11.1. The first kappa shape index (κ1) is 20.9. The molecule has 0 saturated carbocycles. The van der Waals surface area contributed by atoms with Gasteiger partial charge in [0.25, 0.3) is 0 Å². The van der Waals surface area contributed by atoms with Crippen LogP contribution in [0.5, 0.6) is 0 Å². The Balaban J connectivity index is 2.48. The van der Waals surface area contributed by atoms with Crippen LogP contribution in [0.25, 0.3) is 0 Å². The molecule has 23 heavy (non-hydrogen) atoms. The molecule has 0 unspecified atom stereocenters. The summed E-state index contributed by atoms with van der Waals surface area (Å²) < 4.78 is 0. The monoisotopic (exact) mass is 326 g/mol. The lowest BCUT2D eigenvalue weighted by Gasteiger charge is -2.33. The van der Waals surface area contributed by atoms with Crippen molar-refractivity contribution in [3.05, 3.63) is 0 Å². The quantitative estimate of drug-likeness (QED) is 0.570. The largest absolute Gasteiger partial charge is 0.314 e. The molecule has 4 nitrogen and oxygen atoms in total. The lowest BCUT2D eigenvalue weighted by molar-refractivity contribution is 0.171. The summed E-state index contributed by atoms with van der Waals surface area (Å²) in [5.74, 6) is 0. The van der Waals surface area contributed by atoms with E-state index in [0.717, 1.165) is 45.3 Å². The molecule has 0 aromatic carbocycles. The molecule has 0 aromatic rings. The van der Waals surface area contributed by atoms with Crippen molar-refractivity contribution in [1.82, 2.24) is 20.9 Å². The fourth-order valence-corrected chi connectivity index (χ4v) is 3.42. The van der Waals surface area contributed by atoms with Crippen molar-refractivity contribution in [1.29, 1.82) is 0 Å². The predicted octanol–water partition coefficient (Wildman–Crippen LogP) is 2.60. The number of nitrogens with zero attached hydrogens (tertiary/aromatic N) is 1. The average molecular weight is 327 g/mol. The van der Waals surface area contributed by atoms with Crippen molar-refractivity contribution in [2.75, 3.05) is 52.4 Å². The molecule has 0 atom stereocenters. The van der Waals surface area contributed by atoms with Crippen molar-refractivity contribution < 1.29 is 0 Å². The smallest absolute Gasteiger partial charge is 0.0110 e. The molecule has 1 aliphatic heterocycles. The predicted molar refractivity (Wildman–Crippen MR) is 102 cm³/mol. The van der Waals surface area contributed by atoms with E-state index in [9.17, 15) is 0 Å². The molecule has 0 spiro atoms. The Kier molecular flexibility index (Phi) is 14.0. The first-order valence-corrected chi connectivity index (χ1v) is 10.2. The summed E-state index contributed by atoms with van der Waals surface area (Å²) >= 11 is 0. The van der Waals surface area contributed by atoms with E-state index in [1.54, 1.807) is 0 Å². The highest BCUT2D eigenvalue weighted by Crippen LogP contribution is 2.16. The van der Waals surface area contributed by atoms with Crippen LogP contribution >= 0.6 is 0 Å². The van der Waals surface area contributed by atoms with E-state index in [4.69, 9.17) is 0 Å². The standard InChI is InChI=1S/C19H42N4/c1-3-5-7-9-19(10-8-6-4-2)23-17-15-21-13-11-20-12-14-22-16-18-23/h19-22H,3-18H2,1-2H3. The molecule has 1 rings (SSSR count). The van der Waals surface area contributed by atoms with Crippen molar-refractivity contribution >= 4 is 0 Å². The highest BCUT2D eigenvalue weighted by molar-refractivity contribution is 4.75. The van der Waals surface area contributed by atoms with E-state index in [-0.39, 0.29) is 0 Å². The molecule has 1 heterocycles. The summed E-state index contributed by atoms with van der Waals surface area (Å²) in [5, 5.41) is 10.7. The van der Waals surface area contributed by atoms with Gasteiger partial charge in [-0.3, -0.25) is 4.90 Å². The number of hydrogen-bond acceptors (Lipinski definition) is 4. The summed E-state index contributed by atoms with van der Waals surface area (Å²) in [7, 11) is 0. The Morgan fingerprint density at radius 1 is 0.652 bits per heavy atom. The van der Waals surface area contributed by atoms with Crippen molar-refractivity contribution in [2.45, 2.75) is 71.3 Å². The fraction of sp³-hybridized carbons (Fsp3) is 1.00. The maximum atomic E-state index is 3.60. The van der Waals surface area contributed by atoms with Crippen LogP contribution < -0.4 is 16.0 Å². The zero-order valence-corrected chi connectivity index (χ0v) is 15.8. The van der Waals surface area contributed by atoms with Gasteiger partial charge in [0.2, 0.25) is 0 Å². The molecular weight excluding hydrogens is 284 g/mol. The van der Waals surface area contributed by atoms with Crippen LogP contribution in [0, 0.1) is 0 Å².